The summed E-state index contributed by atoms with van der Waals surface area (Å²) in [5.41, 5.74) is 1.16. The van der Waals surface area contributed by atoms with E-state index in [1.807, 2.05) is 19.2 Å². The Morgan fingerprint density at radius 3 is 2.96 bits per heavy atom. The zero-order valence-electron chi connectivity index (χ0n) is 14.0. The third-order valence-electron chi connectivity index (χ3n) is 4.96. The van der Waals surface area contributed by atoms with Gasteiger partial charge in [-0.1, -0.05) is 6.07 Å². The van der Waals surface area contributed by atoms with Crippen molar-refractivity contribution in [2.75, 3.05) is 36.9 Å². The van der Waals surface area contributed by atoms with E-state index >= 15 is 0 Å². The van der Waals surface area contributed by atoms with Gasteiger partial charge in [-0.15, -0.1) is 0 Å². The minimum absolute atomic E-state index is 0.0148. The van der Waals surface area contributed by atoms with Gasteiger partial charge in [-0.2, -0.15) is 13.2 Å². The SMILES string of the molecule is CNCCC[C@H]1Cc2ccc(N3CCCC(C(F)(F)F)C3)nc2N1. The number of fused-ring (bicyclic) bond motifs is 1. The third-order valence-corrected chi connectivity index (χ3v) is 4.96. The van der Waals surface area contributed by atoms with E-state index < -0.39 is 12.1 Å². The number of aromatic nitrogens is 1. The number of nitrogens with one attached hydrogen (secondary N) is 2. The van der Waals surface area contributed by atoms with E-state index in [-0.39, 0.29) is 13.0 Å². The predicted octanol–water partition coefficient (Wildman–Crippen LogP) is 3.20. The van der Waals surface area contributed by atoms with E-state index in [9.17, 15) is 13.2 Å². The molecule has 0 aromatic carbocycles. The molecule has 0 spiro atoms. The molecule has 0 bridgehead atoms. The largest absolute Gasteiger partial charge is 0.393 e. The van der Waals surface area contributed by atoms with Gasteiger partial charge in [-0.3, -0.25) is 0 Å². The molecular weight excluding hydrogens is 317 g/mol. The van der Waals surface area contributed by atoms with Gasteiger partial charge in [0.25, 0.3) is 0 Å². The average Bonchev–Trinajstić information content (AvgIpc) is 2.96. The molecule has 7 heteroatoms. The molecule has 2 aliphatic rings. The molecule has 3 rings (SSSR count). The van der Waals surface area contributed by atoms with Gasteiger partial charge in [-0.25, -0.2) is 4.98 Å². The van der Waals surface area contributed by atoms with Gasteiger partial charge in [0, 0.05) is 19.1 Å². The number of alkyl halides is 3. The molecule has 4 nitrogen and oxygen atoms in total. The van der Waals surface area contributed by atoms with Gasteiger partial charge in [0.05, 0.1) is 5.92 Å². The summed E-state index contributed by atoms with van der Waals surface area (Å²) in [7, 11) is 1.94. The van der Waals surface area contributed by atoms with Crippen LogP contribution >= 0.6 is 0 Å². The lowest BCUT2D eigenvalue weighted by atomic mass is 9.97. The fraction of sp³-hybridized carbons (Fsp3) is 0.706. The van der Waals surface area contributed by atoms with Crippen LogP contribution < -0.4 is 15.5 Å². The molecule has 0 aliphatic carbocycles. The van der Waals surface area contributed by atoms with E-state index in [0.29, 0.717) is 24.8 Å². The number of anilines is 2. The topological polar surface area (TPSA) is 40.2 Å². The minimum atomic E-state index is -4.12. The van der Waals surface area contributed by atoms with E-state index in [2.05, 4.69) is 15.6 Å². The Morgan fingerprint density at radius 2 is 2.21 bits per heavy atom. The van der Waals surface area contributed by atoms with Gasteiger partial charge < -0.3 is 15.5 Å². The van der Waals surface area contributed by atoms with Crippen LogP contribution in [0.1, 0.15) is 31.2 Å². The van der Waals surface area contributed by atoms with Crippen molar-refractivity contribution in [2.45, 2.75) is 44.3 Å². The van der Waals surface area contributed by atoms with Crippen LogP contribution in [0.15, 0.2) is 12.1 Å². The summed E-state index contributed by atoms with van der Waals surface area (Å²) in [5.74, 6) is 0.255. The summed E-state index contributed by atoms with van der Waals surface area (Å²) in [6.07, 6.45) is -0.246. The van der Waals surface area contributed by atoms with Crippen molar-refractivity contribution in [1.82, 2.24) is 10.3 Å². The molecule has 0 amide bonds. The number of piperidine rings is 1. The van der Waals surface area contributed by atoms with E-state index in [4.69, 9.17) is 0 Å². The summed E-state index contributed by atoms with van der Waals surface area (Å²) in [5, 5.41) is 6.57. The van der Waals surface area contributed by atoms with Crippen LogP contribution in [-0.2, 0) is 6.42 Å². The second kappa shape index (κ2) is 7.17. The normalized spacial score (nSPS) is 23.9. The predicted molar refractivity (Wildman–Crippen MR) is 89.5 cm³/mol. The Hall–Kier alpha value is -1.50. The van der Waals surface area contributed by atoms with E-state index in [0.717, 1.165) is 37.2 Å². The van der Waals surface area contributed by atoms with Crippen molar-refractivity contribution in [2.24, 2.45) is 5.92 Å². The number of hydrogen-bond acceptors (Lipinski definition) is 4. The fourth-order valence-electron chi connectivity index (χ4n) is 3.61. The lowest BCUT2D eigenvalue weighted by molar-refractivity contribution is -0.176. The highest BCUT2D eigenvalue weighted by atomic mass is 19.4. The summed E-state index contributed by atoms with van der Waals surface area (Å²) >= 11 is 0. The van der Waals surface area contributed by atoms with Crippen molar-refractivity contribution in [3.63, 3.8) is 0 Å². The maximum absolute atomic E-state index is 13.0. The minimum Gasteiger partial charge on any atom is -0.367 e. The van der Waals surface area contributed by atoms with Gasteiger partial charge >= 0.3 is 6.18 Å². The monoisotopic (exact) mass is 342 g/mol. The number of hydrogen-bond donors (Lipinski definition) is 2. The second-order valence-corrected chi connectivity index (χ2v) is 6.80. The highest BCUT2D eigenvalue weighted by molar-refractivity contribution is 5.56. The maximum atomic E-state index is 13.0. The molecule has 24 heavy (non-hydrogen) atoms. The van der Waals surface area contributed by atoms with E-state index in [1.165, 1.54) is 0 Å². The van der Waals surface area contributed by atoms with Crippen LogP contribution in [0.25, 0.3) is 0 Å². The Morgan fingerprint density at radius 1 is 1.38 bits per heavy atom. The summed E-state index contributed by atoms with van der Waals surface area (Å²) in [6.45, 7) is 1.64. The van der Waals surface area contributed by atoms with Crippen molar-refractivity contribution < 1.29 is 13.2 Å². The Balaban J connectivity index is 1.64. The molecule has 1 unspecified atom stereocenters. The summed E-state index contributed by atoms with van der Waals surface area (Å²) < 4.78 is 39.0. The molecule has 2 N–H and O–H groups in total. The molecular formula is C17H25F3N4. The summed E-state index contributed by atoms with van der Waals surface area (Å²) in [6, 6.07) is 4.26. The van der Waals surface area contributed by atoms with Crippen LogP contribution in [0.4, 0.5) is 24.8 Å². The van der Waals surface area contributed by atoms with Gasteiger partial charge in [-0.05, 0) is 57.3 Å². The molecule has 0 radical (unpaired) electrons. The quantitative estimate of drug-likeness (QED) is 0.806. The molecule has 3 heterocycles. The van der Waals surface area contributed by atoms with Crippen molar-refractivity contribution >= 4 is 11.6 Å². The second-order valence-electron chi connectivity index (χ2n) is 6.80. The Bertz CT molecular complexity index is 561. The Labute approximate surface area is 140 Å². The van der Waals surface area contributed by atoms with Gasteiger partial charge in [0.2, 0.25) is 0 Å². The van der Waals surface area contributed by atoms with Gasteiger partial charge in [0.1, 0.15) is 11.6 Å². The molecule has 134 valence electrons. The zero-order chi connectivity index (χ0) is 17.2. The number of rotatable bonds is 5. The number of halogens is 3. The Kier molecular flexibility index (Phi) is 5.18. The fourth-order valence-corrected chi connectivity index (χ4v) is 3.61. The molecule has 1 saturated heterocycles. The first kappa shape index (κ1) is 17.3. The number of nitrogens with zero attached hydrogens (tertiary/aromatic N) is 2. The standard InChI is InChI=1S/C17H25F3N4/c1-21-8-2-5-14-10-12-6-7-15(23-16(12)22-14)24-9-3-4-13(11-24)17(18,19)20/h6-7,13-14,21H,2-5,8-11H2,1H3,(H,22,23)/t13?,14-/m0/s1. The van der Waals surface area contributed by atoms with Gasteiger partial charge in [0.15, 0.2) is 0 Å². The van der Waals surface area contributed by atoms with Crippen LogP contribution in [0, 0.1) is 5.92 Å². The van der Waals surface area contributed by atoms with E-state index in [1.54, 1.807) is 4.90 Å². The van der Waals surface area contributed by atoms with Crippen molar-refractivity contribution in [1.29, 1.82) is 0 Å². The zero-order valence-corrected chi connectivity index (χ0v) is 14.0. The lowest BCUT2D eigenvalue weighted by Crippen LogP contribution is -2.42. The third kappa shape index (κ3) is 3.94. The molecule has 2 atom stereocenters. The smallest absolute Gasteiger partial charge is 0.367 e. The molecule has 2 aliphatic heterocycles. The molecule has 1 fully saturated rings. The highest BCUT2D eigenvalue weighted by Crippen LogP contribution is 2.35. The van der Waals surface area contributed by atoms with Crippen molar-refractivity contribution in [3.05, 3.63) is 17.7 Å². The first-order valence-corrected chi connectivity index (χ1v) is 8.70. The molecule has 1 aromatic rings. The molecule has 0 saturated carbocycles. The molecule has 1 aromatic heterocycles. The van der Waals surface area contributed by atoms with Crippen molar-refractivity contribution in [3.8, 4) is 0 Å². The first-order valence-electron chi connectivity index (χ1n) is 8.70. The maximum Gasteiger partial charge on any atom is 0.393 e. The first-order chi connectivity index (χ1) is 11.5. The van der Waals surface area contributed by atoms with Crippen LogP contribution in [0.2, 0.25) is 0 Å². The lowest BCUT2D eigenvalue weighted by Gasteiger charge is -2.34. The number of pyridine rings is 1. The van der Waals surface area contributed by atoms with Crippen LogP contribution in [0.5, 0.6) is 0 Å². The van der Waals surface area contributed by atoms with Crippen LogP contribution in [0.3, 0.4) is 0 Å². The highest BCUT2D eigenvalue weighted by Gasteiger charge is 2.42. The summed E-state index contributed by atoms with van der Waals surface area (Å²) in [4.78, 5) is 6.38. The van der Waals surface area contributed by atoms with Crippen LogP contribution in [-0.4, -0.2) is 43.9 Å². The average molecular weight is 342 g/mol.